The summed E-state index contributed by atoms with van der Waals surface area (Å²) in [7, 11) is 0. The number of furan rings is 1. The molecule has 1 aromatic rings. The zero-order valence-electron chi connectivity index (χ0n) is 8.66. The van der Waals surface area contributed by atoms with Gasteiger partial charge in [-0.3, -0.25) is 4.79 Å². The van der Waals surface area contributed by atoms with Crippen molar-refractivity contribution in [3.63, 3.8) is 0 Å². The largest absolute Gasteiger partial charge is 0.472 e. The minimum Gasteiger partial charge on any atom is -0.472 e. The summed E-state index contributed by atoms with van der Waals surface area (Å²) in [6.07, 6.45) is 5.50. The summed E-state index contributed by atoms with van der Waals surface area (Å²) in [5, 5.41) is 6.13. The van der Waals surface area contributed by atoms with Crippen LogP contribution in [0.25, 0.3) is 0 Å². The highest BCUT2D eigenvalue weighted by molar-refractivity contribution is 5.80. The maximum Gasteiger partial charge on any atom is 0.223 e. The second-order valence-electron chi connectivity index (χ2n) is 3.87. The molecule has 0 atom stereocenters. The highest BCUT2D eigenvalue weighted by Crippen LogP contribution is 2.28. The lowest BCUT2D eigenvalue weighted by atomic mass is 10.3. The summed E-state index contributed by atoms with van der Waals surface area (Å²) in [4.78, 5) is 11.2. The van der Waals surface area contributed by atoms with E-state index in [0.29, 0.717) is 12.5 Å². The molecule has 1 aliphatic rings. The maximum atomic E-state index is 11.2. The van der Waals surface area contributed by atoms with Gasteiger partial charge in [-0.05, 0) is 18.9 Å². The number of carbonyl (C=O) groups is 1. The van der Waals surface area contributed by atoms with E-state index in [4.69, 9.17) is 4.42 Å². The standard InChI is InChI=1S/C11H16N2O2/c14-11(10-1-2-10)13-5-4-12-7-9-3-6-15-8-9/h3,6,8,10,12H,1-2,4-5,7H2,(H,13,14). The summed E-state index contributed by atoms with van der Waals surface area (Å²) in [5.74, 6) is 0.513. The van der Waals surface area contributed by atoms with Gasteiger partial charge in [0.15, 0.2) is 0 Å². The molecule has 4 nitrogen and oxygen atoms in total. The Morgan fingerprint density at radius 1 is 1.47 bits per heavy atom. The lowest BCUT2D eigenvalue weighted by Gasteiger charge is -2.04. The number of hydrogen-bond donors (Lipinski definition) is 2. The molecular weight excluding hydrogens is 192 g/mol. The fourth-order valence-electron chi connectivity index (χ4n) is 1.39. The van der Waals surface area contributed by atoms with Crippen LogP contribution >= 0.6 is 0 Å². The van der Waals surface area contributed by atoms with Crippen LogP contribution in [-0.2, 0) is 11.3 Å². The van der Waals surface area contributed by atoms with Gasteiger partial charge in [0, 0.05) is 31.1 Å². The number of amides is 1. The lowest BCUT2D eigenvalue weighted by molar-refractivity contribution is -0.122. The van der Waals surface area contributed by atoms with Crippen LogP contribution in [0.3, 0.4) is 0 Å². The van der Waals surface area contributed by atoms with Crippen LogP contribution in [-0.4, -0.2) is 19.0 Å². The van der Waals surface area contributed by atoms with Crippen LogP contribution in [0.15, 0.2) is 23.0 Å². The van der Waals surface area contributed by atoms with Crippen molar-refractivity contribution in [1.82, 2.24) is 10.6 Å². The van der Waals surface area contributed by atoms with E-state index in [1.165, 1.54) is 0 Å². The predicted octanol–water partition coefficient (Wildman–Crippen LogP) is 0.895. The highest BCUT2D eigenvalue weighted by atomic mass is 16.3. The van der Waals surface area contributed by atoms with E-state index < -0.39 is 0 Å². The molecule has 15 heavy (non-hydrogen) atoms. The Bertz CT molecular complexity index is 304. The van der Waals surface area contributed by atoms with Crippen LogP contribution < -0.4 is 10.6 Å². The van der Waals surface area contributed by atoms with Crippen molar-refractivity contribution < 1.29 is 9.21 Å². The molecule has 1 aromatic heterocycles. The first-order valence-corrected chi connectivity index (χ1v) is 5.36. The normalized spacial score (nSPS) is 15.2. The van der Waals surface area contributed by atoms with Crippen LogP contribution in [0.1, 0.15) is 18.4 Å². The second kappa shape index (κ2) is 4.98. The van der Waals surface area contributed by atoms with Gasteiger partial charge in [-0.1, -0.05) is 0 Å². The molecule has 1 amide bonds. The molecule has 4 heteroatoms. The summed E-state index contributed by atoms with van der Waals surface area (Å²) in [6.45, 7) is 2.28. The molecule has 0 unspecified atom stereocenters. The average Bonchev–Trinajstić information content (AvgIpc) is 2.97. The number of nitrogens with one attached hydrogen (secondary N) is 2. The van der Waals surface area contributed by atoms with E-state index in [1.54, 1.807) is 12.5 Å². The first-order valence-electron chi connectivity index (χ1n) is 5.36. The van der Waals surface area contributed by atoms with Crippen molar-refractivity contribution in [1.29, 1.82) is 0 Å². The Balaban J connectivity index is 1.50. The first-order chi connectivity index (χ1) is 7.36. The molecule has 82 valence electrons. The van der Waals surface area contributed by atoms with Crippen LogP contribution in [0, 0.1) is 5.92 Å². The minimum absolute atomic E-state index is 0.208. The SMILES string of the molecule is O=C(NCCNCc1ccoc1)C1CC1. The zero-order chi connectivity index (χ0) is 10.5. The molecule has 0 bridgehead atoms. The monoisotopic (exact) mass is 208 g/mol. The van der Waals surface area contributed by atoms with E-state index in [2.05, 4.69) is 10.6 Å². The molecule has 2 rings (SSSR count). The van der Waals surface area contributed by atoms with Crippen molar-refractivity contribution in [3.8, 4) is 0 Å². The second-order valence-corrected chi connectivity index (χ2v) is 3.87. The third kappa shape index (κ3) is 3.40. The molecule has 0 radical (unpaired) electrons. The van der Waals surface area contributed by atoms with Crippen molar-refractivity contribution in [2.24, 2.45) is 5.92 Å². The smallest absolute Gasteiger partial charge is 0.223 e. The van der Waals surface area contributed by atoms with Crippen molar-refractivity contribution >= 4 is 5.91 Å². The molecule has 0 aliphatic heterocycles. The molecule has 1 aliphatic carbocycles. The van der Waals surface area contributed by atoms with Crippen LogP contribution in [0.2, 0.25) is 0 Å². The highest BCUT2D eigenvalue weighted by Gasteiger charge is 2.28. The van der Waals surface area contributed by atoms with Gasteiger partial charge < -0.3 is 15.1 Å². The number of carbonyl (C=O) groups excluding carboxylic acids is 1. The fourth-order valence-corrected chi connectivity index (χ4v) is 1.39. The summed E-state index contributed by atoms with van der Waals surface area (Å²) in [5.41, 5.74) is 1.13. The van der Waals surface area contributed by atoms with Crippen molar-refractivity contribution in [3.05, 3.63) is 24.2 Å². The van der Waals surface area contributed by atoms with E-state index in [-0.39, 0.29) is 5.91 Å². The third-order valence-electron chi connectivity index (χ3n) is 2.46. The van der Waals surface area contributed by atoms with E-state index in [9.17, 15) is 4.79 Å². The molecule has 0 aromatic carbocycles. The van der Waals surface area contributed by atoms with Crippen molar-refractivity contribution in [2.75, 3.05) is 13.1 Å². The van der Waals surface area contributed by atoms with Crippen molar-refractivity contribution in [2.45, 2.75) is 19.4 Å². The van der Waals surface area contributed by atoms with E-state index in [0.717, 1.165) is 31.5 Å². The Kier molecular flexibility index (Phi) is 3.40. The van der Waals surface area contributed by atoms with Gasteiger partial charge in [0.1, 0.15) is 0 Å². The Labute approximate surface area is 89.0 Å². The van der Waals surface area contributed by atoms with Gasteiger partial charge in [0.2, 0.25) is 5.91 Å². The van der Waals surface area contributed by atoms with Crippen LogP contribution in [0.5, 0.6) is 0 Å². The molecule has 2 N–H and O–H groups in total. The van der Waals surface area contributed by atoms with Gasteiger partial charge in [-0.2, -0.15) is 0 Å². The minimum atomic E-state index is 0.208. The van der Waals surface area contributed by atoms with Gasteiger partial charge >= 0.3 is 0 Å². The quantitative estimate of drug-likeness (QED) is 0.683. The maximum absolute atomic E-state index is 11.2. The van der Waals surface area contributed by atoms with Gasteiger partial charge in [0.25, 0.3) is 0 Å². The Morgan fingerprint density at radius 3 is 3.00 bits per heavy atom. The number of hydrogen-bond acceptors (Lipinski definition) is 3. The lowest BCUT2D eigenvalue weighted by Crippen LogP contribution is -2.32. The van der Waals surface area contributed by atoms with E-state index >= 15 is 0 Å². The predicted molar refractivity (Wildman–Crippen MR) is 56.1 cm³/mol. The Hall–Kier alpha value is -1.29. The van der Waals surface area contributed by atoms with Gasteiger partial charge in [-0.25, -0.2) is 0 Å². The molecule has 0 saturated heterocycles. The molecule has 1 heterocycles. The zero-order valence-corrected chi connectivity index (χ0v) is 8.66. The topological polar surface area (TPSA) is 54.3 Å². The molecule has 1 fully saturated rings. The average molecular weight is 208 g/mol. The fraction of sp³-hybridized carbons (Fsp3) is 0.545. The summed E-state index contributed by atoms with van der Waals surface area (Å²) >= 11 is 0. The van der Waals surface area contributed by atoms with Gasteiger partial charge in [-0.15, -0.1) is 0 Å². The van der Waals surface area contributed by atoms with Crippen LogP contribution in [0.4, 0.5) is 0 Å². The third-order valence-corrected chi connectivity index (χ3v) is 2.46. The van der Waals surface area contributed by atoms with E-state index in [1.807, 2.05) is 6.07 Å². The van der Waals surface area contributed by atoms with Gasteiger partial charge in [0.05, 0.1) is 12.5 Å². The number of rotatable bonds is 6. The molecular formula is C11H16N2O2. The summed E-state index contributed by atoms with van der Waals surface area (Å²) in [6, 6.07) is 1.93. The summed E-state index contributed by atoms with van der Waals surface area (Å²) < 4.78 is 4.94. The molecule has 1 saturated carbocycles. The molecule has 0 spiro atoms. The Morgan fingerprint density at radius 2 is 2.33 bits per heavy atom. The first kappa shape index (κ1) is 10.2.